The third-order valence-corrected chi connectivity index (χ3v) is 2.49. The van der Waals surface area contributed by atoms with Crippen LogP contribution < -0.4 is 10.4 Å². The zero-order valence-electron chi connectivity index (χ0n) is 8.60. The number of carbonyl (C=O) groups is 2. The molecule has 0 radical (unpaired) electrons. The van der Waals surface area contributed by atoms with E-state index >= 15 is 0 Å². The summed E-state index contributed by atoms with van der Waals surface area (Å²) in [5.74, 6) is -2.17. The molecule has 0 aliphatic heterocycles. The van der Waals surface area contributed by atoms with Gasteiger partial charge >= 0.3 is 0 Å². The molecule has 9 heteroatoms. The third-order valence-electron chi connectivity index (χ3n) is 1.49. The number of oxime groups is 1. The van der Waals surface area contributed by atoms with E-state index in [-0.39, 0.29) is 16.7 Å². The standard InChI is InChI=1S/C8H8ClN3O4S/c1-16-12-6(7(14)15)4-3-17-8(10-4)11-5(13)2-9/h3H,2H2,1H3,(H,14,15)(H,10,11,13)/p-1/b12-6-. The number of hydrogen-bond acceptors (Lipinski definition) is 7. The molecule has 1 aromatic heterocycles. The highest BCUT2D eigenvalue weighted by molar-refractivity contribution is 7.14. The van der Waals surface area contributed by atoms with Gasteiger partial charge in [-0.15, -0.1) is 22.9 Å². The number of nitrogens with zero attached hydrogens (tertiary/aromatic N) is 2. The highest BCUT2D eigenvalue weighted by Crippen LogP contribution is 2.16. The molecule has 0 atom stereocenters. The summed E-state index contributed by atoms with van der Waals surface area (Å²) in [6, 6.07) is 0. The van der Waals surface area contributed by atoms with Gasteiger partial charge in [-0.25, -0.2) is 4.98 Å². The summed E-state index contributed by atoms with van der Waals surface area (Å²) in [6.07, 6.45) is 0. The zero-order valence-corrected chi connectivity index (χ0v) is 10.2. The second kappa shape index (κ2) is 6.16. The topological polar surface area (TPSA) is 104 Å². The number of anilines is 1. The minimum absolute atomic E-state index is 0.0433. The van der Waals surface area contributed by atoms with Gasteiger partial charge in [0, 0.05) is 5.38 Å². The molecule has 0 unspecified atom stereocenters. The first-order valence-electron chi connectivity index (χ1n) is 4.22. The van der Waals surface area contributed by atoms with Crippen molar-refractivity contribution in [2.45, 2.75) is 0 Å². The lowest BCUT2D eigenvalue weighted by molar-refractivity contribution is -0.294. The van der Waals surface area contributed by atoms with Gasteiger partial charge in [0.15, 0.2) is 10.8 Å². The molecule has 0 aliphatic rings. The van der Waals surface area contributed by atoms with Crippen LogP contribution in [0.5, 0.6) is 0 Å². The molecule has 1 amide bonds. The van der Waals surface area contributed by atoms with E-state index in [1.165, 1.54) is 12.5 Å². The van der Waals surface area contributed by atoms with Crippen molar-refractivity contribution in [1.29, 1.82) is 0 Å². The molecule has 1 heterocycles. The van der Waals surface area contributed by atoms with Crippen LogP contribution in [0.3, 0.4) is 0 Å². The number of rotatable bonds is 5. The lowest BCUT2D eigenvalue weighted by Gasteiger charge is -2.02. The maximum Gasteiger partial charge on any atom is 0.241 e. The van der Waals surface area contributed by atoms with E-state index in [1.807, 2.05) is 0 Å². The highest BCUT2D eigenvalue weighted by Gasteiger charge is 2.12. The second-order valence-electron chi connectivity index (χ2n) is 2.63. The first kappa shape index (κ1) is 13.4. The maximum absolute atomic E-state index is 11.0. The molecule has 1 aromatic rings. The molecule has 0 spiro atoms. The van der Waals surface area contributed by atoms with Crippen LogP contribution in [0.1, 0.15) is 5.69 Å². The normalized spacial score (nSPS) is 11.1. The average Bonchev–Trinajstić information content (AvgIpc) is 2.73. The SMILES string of the molecule is CO/N=C(\C(=O)[O-])c1csc(NC(=O)CCl)n1. The van der Waals surface area contributed by atoms with E-state index in [0.717, 1.165) is 11.3 Å². The van der Waals surface area contributed by atoms with Crippen molar-refractivity contribution >= 4 is 45.7 Å². The van der Waals surface area contributed by atoms with Crippen LogP contribution >= 0.6 is 22.9 Å². The Morgan fingerprint density at radius 1 is 1.71 bits per heavy atom. The number of nitrogens with one attached hydrogen (secondary N) is 1. The number of hydrogen-bond donors (Lipinski definition) is 1. The summed E-state index contributed by atoms with van der Waals surface area (Å²) >= 11 is 6.32. The Morgan fingerprint density at radius 2 is 2.41 bits per heavy atom. The molecular weight excluding hydrogens is 270 g/mol. The molecule has 0 aromatic carbocycles. The van der Waals surface area contributed by atoms with E-state index in [0.29, 0.717) is 0 Å². The van der Waals surface area contributed by atoms with Gasteiger partial charge < -0.3 is 20.1 Å². The third kappa shape index (κ3) is 3.68. The van der Waals surface area contributed by atoms with E-state index in [4.69, 9.17) is 11.6 Å². The van der Waals surface area contributed by atoms with Crippen molar-refractivity contribution in [3.05, 3.63) is 11.1 Å². The predicted molar refractivity (Wildman–Crippen MR) is 60.0 cm³/mol. The van der Waals surface area contributed by atoms with Gasteiger partial charge in [-0.2, -0.15) is 0 Å². The van der Waals surface area contributed by atoms with E-state index in [9.17, 15) is 14.7 Å². The summed E-state index contributed by atoms with van der Waals surface area (Å²) in [6.45, 7) is 0. The summed E-state index contributed by atoms with van der Waals surface area (Å²) in [7, 11) is 1.20. The van der Waals surface area contributed by atoms with Crippen LogP contribution in [0.4, 0.5) is 5.13 Å². The Morgan fingerprint density at radius 3 is 2.94 bits per heavy atom. The quantitative estimate of drug-likeness (QED) is 0.440. The number of carbonyl (C=O) groups excluding carboxylic acids is 2. The van der Waals surface area contributed by atoms with Crippen molar-refractivity contribution in [2.24, 2.45) is 5.16 Å². The largest absolute Gasteiger partial charge is 0.543 e. The molecule has 1 N–H and O–H groups in total. The zero-order chi connectivity index (χ0) is 12.8. The van der Waals surface area contributed by atoms with Crippen molar-refractivity contribution < 1.29 is 19.5 Å². The van der Waals surface area contributed by atoms with E-state index in [2.05, 4.69) is 20.3 Å². The second-order valence-corrected chi connectivity index (χ2v) is 3.75. The van der Waals surface area contributed by atoms with E-state index < -0.39 is 17.6 Å². The van der Waals surface area contributed by atoms with Crippen molar-refractivity contribution in [1.82, 2.24) is 4.98 Å². The lowest BCUT2D eigenvalue weighted by atomic mass is 10.3. The van der Waals surface area contributed by atoms with Gasteiger partial charge in [0.05, 0.1) is 5.97 Å². The number of alkyl halides is 1. The van der Waals surface area contributed by atoms with Gasteiger partial charge in [-0.1, -0.05) is 5.16 Å². The van der Waals surface area contributed by atoms with Crippen LogP contribution in [0.2, 0.25) is 0 Å². The molecule has 0 fully saturated rings. The van der Waals surface area contributed by atoms with Crippen molar-refractivity contribution in [3.8, 4) is 0 Å². The molecule has 0 saturated heterocycles. The number of carboxylic acids is 1. The molecule has 0 saturated carbocycles. The van der Waals surface area contributed by atoms with Crippen LogP contribution in [0.15, 0.2) is 10.5 Å². The Balaban J connectivity index is 2.89. The maximum atomic E-state index is 11.0. The van der Waals surface area contributed by atoms with Gasteiger partial charge in [0.1, 0.15) is 18.7 Å². The fraction of sp³-hybridized carbons (Fsp3) is 0.250. The Hall–Kier alpha value is -1.67. The lowest BCUT2D eigenvalue weighted by Crippen LogP contribution is -2.32. The monoisotopic (exact) mass is 276 g/mol. The summed E-state index contributed by atoms with van der Waals surface area (Å²) in [4.78, 5) is 29.9. The number of halogens is 1. The number of aliphatic carboxylic acids is 1. The van der Waals surface area contributed by atoms with Crippen LogP contribution in [0.25, 0.3) is 0 Å². The van der Waals surface area contributed by atoms with Gasteiger partial charge in [0.2, 0.25) is 5.91 Å². The summed E-state index contributed by atoms with van der Waals surface area (Å²) in [5, 5.41) is 18.0. The van der Waals surface area contributed by atoms with Gasteiger partial charge in [-0.3, -0.25) is 4.79 Å². The Labute approximate surface area is 105 Å². The van der Waals surface area contributed by atoms with E-state index in [1.54, 1.807) is 0 Å². The molecular formula is C8H7ClN3O4S-. The predicted octanol–water partition coefficient (Wildman–Crippen LogP) is -0.579. The fourth-order valence-electron chi connectivity index (χ4n) is 0.872. The van der Waals surface area contributed by atoms with Crippen molar-refractivity contribution in [2.75, 3.05) is 18.3 Å². The number of thiazole rings is 1. The molecule has 7 nitrogen and oxygen atoms in total. The molecule has 92 valence electrons. The first-order chi connectivity index (χ1) is 8.08. The number of aromatic nitrogens is 1. The molecule has 0 aliphatic carbocycles. The van der Waals surface area contributed by atoms with Crippen LogP contribution in [-0.4, -0.2) is 35.6 Å². The first-order valence-corrected chi connectivity index (χ1v) is 5.64. The van der Waals surface area contributed by atoms with Gasteiger partial charge in [0.25, 0.3) is 0 Å². The highest BCUT2D eigenvalue weighted by atomic mass is 35.5. The Bertz CT molecular complexity index is 459. The number of carboxylic acid groups (broad SMARTS) is 1. The summed E-state index contributed by atoms with van der Waals surface area (Å²) < 4.78 is 0. The smallest absolute Gasteiger partial charge is 0.241 e. The van der Waals surface area contributed by atoms with Crippen molar-refractivity contribution in [3.63, 3.8) is 0 Å². The molecule has 1 rings (SSSR count). The van der Waals surface area contributed by atoms with Gasteiger partial charge in [-0.05, 0) is 0 Å². The summed E-state index contributed by atoms with van der Waals surface area (Å²) in [5.41, 5.74) is -0.406. The Kier molecular flexibility index (Phi) is 4.85. The fourth-order valence-corrected chi connectivity index (χ4v) is 1.65. The van der Waals surface area contributed by atoms with Crippen LogP contribution in [-0.2, 0) is 14.4 Å². The minimum atomic E-state index is -1.52. The minimum Gasteiger partial charge on any atom is -0.543 e. The molecule has 0 bridgehead atoms. The molecule has 17 heavy (non-hydrogen) atoms. The number of amides is 1. The average molecular weight is 277 g/mol. The van der Waals surface area contributed by atoms with Crippen LogP contribution in [0, 0.1) is 0 Å².